The first kappa shape index (κ1) is 14.2. The van der Waals surface area contributed by atoms with Crippen LogP contribution < -0.4 is 0 Å². The number of hydrogen-bond donors (Lipinski definition) is 0. The molecule has 0 aliphatic rings. The summed E-state index contributed by atoms with van der Waals surface area (Å²) in [6.07, 6.45) is 3.65. The van der Waals surface area contributed by atoms with Crippen LogP contribution in [0.2, 0.25) is 0 Å². The van der Waals surface area contributed by atoms with Gasteiger partial charge in [0, 0.05) is 31.1 Å². The molecule has 3 rings (SSSR count). The van der Waals surface area contributed by atoms with Crippen molar-refractivity contribution in [2.45, 2.75) is 13.1 Å². The number of hydrogen-bond acceptors (Lipinski definition) is 6. The minimum absolute atomic E-state index is 0.0133. The summed E-state index contributed by atoms with van der Waals surface area (Å²) in [7, 11) is 1.96. The van der Waals surface area contributed by atoms with Crippen molar-refractivity contribution >= 4 is 16.8 Å². The lowest BCUT2D eigenvalue weighted by atomic mass is 10.3. The van der Waals surface area contributed by atoms with Gasteiger partial charge in [-0.05, 0) is 19.2 Å². The molecule has 0 fully saturated rings. The van der Waals surface area contributed by atoms with Crippen molar-refractivity contribution in [1.29, 1.82) is 0 Å². The Morgan fingerprint density at radius 2 is 2.32 bits per heavy atom. The van der Waals surface area contributed by atoms with E-state index in [0.717, 1.165) is 13.1 Å². The van der Waals surface area contributed by atoms with Gasteiger partial charge >= 0.3 is 0 Å². The molecule has 2 heterocycles. The van der Waals surface area contributed by atoms with E-state index in [1.165, 1.54) is 12.1 Å². The van der Waals surface area contributed by atoms with Crippen LogP contribution in [0.3, 0.4) is 0 Å². The average molecular weight is 301 g/mol. The van der Waals surface area contributed by atoms with Crippen LogP contribution in [0.1, 0.15) is 5.89 Å². The first-order valence-corrected chi connectivity index (χ1v) is 6.81. The molecule has 8 heteroatoms. The number of non-ortho nitro benzene ring substituents is 1. The number of nitrogens with zero attached hydrogens (tertiary/aromatic N) is 5. The maximum absolute atomic E-state index is 10.8. The molecule has 0 aliphatic heterocycles. The molecular weight excluding hydrogens is 286 g/mol. The number of aromatic nitrogens is 3. The summed E-state index contributed by atoms with van der Waals surface area (Å²) in [6, 6.07) is 6.30. The number of nitro groups is 1. The second kappa shape index (κ2) is 5.94. The second-order valence-corrected chi connectivity index (χ2v) is 5.02. The summed E-state index contributed by atoms with van der Waals surface area (Å²) in [6.45, 7) is 2.10. The van der Waals surface area contributed by atoms with Crippen molar-refractivity contribution in [3.63, 3.8) is 0 Å². The second-order valence-electron chi connectivity index (χ2n) is 5.02. The first-order chi connectivity index (χ1) is 10.6. The van der Waals surface area contributed by atoms with Crippen molar-refractivity contribution in [3.8, 4) is 0 Å². The molecule has 114 valence electrons. The monoisotopic (exact) mass is 301 g/mol. The summed E-state index contributed by atoms with van der Waals surface area (Å²) < 4.78 is 7.47. The third-order valence-corrected chi connectivity index (χ3v) is 3.30. The van der Waals surface area contributed by atoms with Crippen molar-refractivity contribution < 1.29 is 9.34 Å². The predicted octanol–water partition coefficient (Wildman–Crippen LogP) is 2.06. The largest absolute Gasteiger partial charge is 0.439 e. The molecule has 1 aromatic carbocycles. The van der Waals surface area contributed by atoms with Crippen molar-refractivity contribution in [2.24, 2.45) is 0 Å². The molecule has 0 unspecified atom stereocenters. The van der Waals surface area contributed by atoms with Gasteiger partial charge in [-0.3, -0.25) is 19.7 Å². The third-order valence-electron chi connectivity index (χ3n) is 3.30. The Balaban J connectivity index is 1.66. The number of benzene rings is 1. The molecule has 0 spiro atoms. The van der Waals surface area contributed by atoms with Crippen LogP contribution in [-0.2, 0) is 13.1 Å². The van der Waals surface area contributed by atoms with Crippen LogP contribution in [0.4, 0.5) is 5.69 Å². The SMILES string of the molecule is CN(CCn1cccn1)Cc1nc2cc([N+](=O)[O-])ccc2o1. The van der Waals surface area contributed by atoms with Gasteiger partial charge in [0.15, 0.2) is 5.58 Å². The molecular formula is C14H15N5O3. The fourth-order valence-electron chi connectivity index (χ4n) is 2.16. The molecule has 0 atom stereocenters. The van der Waals surface area contributed by atoms with Gasteiger partial charge in [0.05, 0.1) is 18.0 Å². The zero-order valence-electron chi connectivity index (χ0n) is 12.0. The predicted molar refractivity (Wildman–Crippen MR) is 79.2 cm³/mol. The standard InChI is InChI=1S/C14H15N5O3/c1-17(7-8-18-6-2-5-15-18)10-14-16-12-9-11(19(20)21)3-4-13(12)22-14/h2-6,9H,7-8,10H2,1H3. The summed E-state index contributed by atoms with van der Waals surface area (Å²) >= 11 is 0. The van der Waals surface area contributed by atoms with Gasteiger partial charge in [0.25, 0.3) is 5.69 Å². The molecule has 3 aromatic rings. The summed E-state index contributed by atoms with van der Waals surface area (Å²) in [5, 5.41) is 14.9. The Morgan fingerprint density at radius 1 is 1.45 bits per heavy atom. The zero-order chi connectivity index (χ0) is 15.5. The maximum Gasteiger partial charge on any atom is 0.271 e. The van der Waals surface area contributed by atoms with Gasteiger partial charge in [0.1, 0.15) is 5.52 Å². The van der Waals surface area contributed by atoms with Crippen LogP contribution in [0, 0.1) is 10.1 Å². The Labute approximate surface area is 126 Å². The normalized spacial score (nSPS) is 11.4. The lowest BCUT2D eigenvalue weighted by Gasteiger charge is -2.13. The quantitative estimate of drug-likeness (QED) is 0.511. The van der Waals surface area contributed by atoms with Gasteiger partial charge in [-0.25, -0.2) is 4.98 Å². The average Bonchev–Trinajstić information content (AvgIpc) is 3.13. The van der Waals surface area contributed by atoms with Crippen LogP contribution >= 0.6 is 0 Å². The molecule has 0 N–H and O–H groups in total. The number of rotatable bonds is 6. The molecule has 0 radical (unpaired) electrons. The highest BCUT2D eigenvalue weighted by Crippen LogP contribution is 2.21. The van der Waals surface area contributed by atoms with Gasteiger partial charge in [0.2, 0.25) is 5.89 Å². The fraction of sp³-hybridized carbons (Fsp3) is 0.286. The minimum atomic E-state index is -0.440. The van der Waals surface area contributed by atoms with Crippen LogP contribution in [0.25, 0.3) is 11.1 Å². The highest BCUT2D eigenvalue weighted by atomic mass is 16.6. The Hall–Kier alpha value is -2.74. The maximum atomic E-state index is 10.8. The molecule has 0 saturated carbocycles. The van der Waals surface area contributed by atoms with Gasteiger partial charge in [-0.1, -0.05) is 0 Å². The smallest absolute Gasteiger partial charge is 0.271 e. The minimum Gasteiger partial charge on any atom is -0.439 e. The molecule has 0 saturated heterocycles. The Morgan fingerprint density at radius 3 is 3.05 bits per heavy atom. The van der Waals surface area contributed by atoms with E-state index in [1.807, 2.05) is 24.0 Å². The Kier molecular flexibility index (Phi) is 3.84. The molecule has 8 nitrogen and oxygen atoms in total. The fourth-order valence-corrected chi connectivity index (χ4v) is 2.16. The summed E-state index contributed by atoms with van der Waals surface area (Å²) in [4.78, 5) is 16.7. The third kappa shape index (κ3) is 3.12. The van der Waals surface area contributed by atoms with E-state index in [9.17, 15) is 10.1 Å². The summed E-state index contributed by atoms with van der Waals surface area (Å²) in [5.74, 6) is 0.540. The molecule has 0 amide bonds. The van der Waals surface area contributed by atoms with Crippen LogP contribution in [0.5, 0.6) is 0 Å². The van der Waals surface area contributed by atoms with E-state index in [-0.39, 0.29) is 5.69 Å². The lowest BCUT2D eigenvalue weighted by Crippen LogP contribution is -2.23. The topological polar surface area (TPSA) is 90.2 Å². The van der Waals surface area contributed by atoms with Crippen molar-refractivity contribution in [3.05, 3.63) is 52.7 Å². The zero-order valence-corrected chi connectivity index (χ0v) is 12.0. The van der Waals surface area contributed by atoms with Crippen LogP contribution in [-0.4, -0.2) is 38.2 Å². The number of fused-ring (bicyclic) bond motifs is 1. The van der Waals surface area contributed by atoms with E-state index >= 15 is 0 Å². The first-order valence-electron chi connectivity index (χ1n) is 6.81. The van der Waals surface area contributed by atoms with Gasteiger partial charge in [-0.15, -0.1) is 0 Å². The number of likely N-dealkylation sites (N-methyl/N-ethyl adjacent to an activating group) is 1. The summed E-state index contributed by atoms with van der Waals surface area (Å²) in [5.41, 5.74) is 1.07. The highest BCUT2D eigenvalue weighted by Gasteiger charge is 2.12. The van der Waals surface area contributed by atoms with E-state index in [0.29, 0.717) is 23.5 Å². The van der Waals surface area contributed by atoms with E-state index in [1.54, 1.807) is 12.3 Å². The van der Waals surface area contributed by atoms with Gasteiger partial charge < -0.3 is 4.42 Å². The van der Waals surface area contributed by atoms with E-state index in [2.05, 4.69) is 15.0 Å². The number of nitro benzene ring substituents is 1. The molecule has 2 aromatic heterocycles. The van der Waals surface area contributed by atoms with Crippen LogP contribution in [0.15, 0.2) is 41.1 Å². The molecule has 22 heavy (non-hydrogen) atoms. The molecule has 0 bridgehead atoms. The van der Waals surface area contributed by atoms with Gasteiger partial charge in [-0.2, -0.15) is 5.10 Å². The Bertz CT molecular complexity index is 781. The van der Waals surface area contributed by atoms with Crippen molar-refractivity contribution in [1.82, 2.24) is 19.7 Å². The van der Waals surface area contributed by atoms with Crippen molar-refractivity contribution in [2.75, 3.05) is 13.6 Å². The lowest BCUT2D eigenvalue weighted by molar-refractivity contribution is -0.384. The van der Waals surface area contributed by atoms with E-state index < -0.39 is 4.92 Å². The molecule has 0 aliphatic carbocycles. The highest BCUT2D eigenvalue weighted by molar-refractivity contribution is 5.75. The van der Waals surface area contributed by atoms with E-state index in [4.69, 9.17) is 4.42 Å². The number of oxazole rings is 1.